The number of benzene rings is 1. The maximum atomic E-state index is 12.8. The summed E-state index contributed by atoms with van der Waals surface area (Å²) in [6.07, 6.45) is 4.13. The van der Waals surface area contributed by atoms with E-state index in [0.29, 0.717) is 13.0 Å². The Morgan fingerprint density at radius 2 is 1.96 bits per heavy atom. The van der Waals surface area contributed by atoms with Gasteiger partial charge < -0.3 is 10.2 Å². The second-order valence-electron chi connectivity index (χ2n) is 6.01. The second-order valence-corrected chi connectivity index (χ2v) is 6.01. The van der Waals surface area contributed by atoms with Crippen LogP contribution in [0.15, 0.2) is 30.5 Å². The minimum absolute atomic E-state index is 0.131. The molecule has 2 amide bonds. The maximum Gasteiger partial charge on any atom is 0.276 e. The highest BCUT2D eigenvalue weighted by molar-refractivity contribution is 5.96. The Kier molecular flexibility index (Phi) is 4.59. The molecule has 1 atom stereocenters. The fraction of sp³-hybridized carbons (Fsp3) is 0.412. The average molecular weight is 327 g/mol. The molecule has 1 aromatic heterocycles. The van der Waals surface area contributed by atoms with E-state index in [1.807, 2.05) is 31.2 Å². The van der Waals surface area contributed by atoms with Crippen LogP contribution in [0.3, 0.4) is 0 Å². The Morgan fingerprint density at radius 3 is 2.67 bits per heavy atom. The van der Waals surface area contributed by atoms with Crippen LogP contribution in [0.5, 0.6) is 0 Å². The molecule has 2 aromatic rings. The smallest absolute Gasteiger partial charge is 0.276 e. The van der Waals surface area contributed by atoms with Gasteiger partial charge in [-0.3, -0.25) is 9.59 Å². The zero-order chi connectivity index (χ0) is 17.1. The highest BCUT2D eigenvalue weighted by Crippen LogP contribution is 2.19. The van der Waals surface area contributed by atoms with Crippen LogP contribution < -0.4 is 5.32 Å². The molecule has 126 valence electrons. The van der Waals surface area contributed by atoms with E-state index in [1.54, 1.807) is 22.8 Å². The van der Waals surface area contributed by atoms with E-state index in [4.69, 9.17) is 0 Å². The highest BCUT2D eigenvalue weighted by atomic mass is 16.2. The lowest BCUT2D eigenvalue weighted by atomic mass is 10.0. The summed E-state index contributed by atoms with van der Waals surface area (Å²) < 4.78 is 1.57. The van der Waals surface area contributed by atoms with Gasteiger partial charge in [0.05, 0.1) is 11.9 Å². The molecule has 2 heterocycles. The van der Waals surface area contributed by atoms with Crippen molar-refractivity contribution in [3.05, 3.63) is 41.7 Å². The van der Waals surface area contributed by atoms with E-state index in [-0.39, 0.29) is 17.5 Å². The van der Waals surface area contributed by atoms with Crippen LogP contribution in [0.2, 0.25) is 0 Å². The molecule has 1 aliphatic heterocycles. The number of piperidine rings is 1. The third kappa shape index (κ3) is 3.15. The zero-order valence-electron chi connectivity index (χ0n) is 13.9. The number of aryl methyl sites for hydroxylation is 1. The Hall–Kier alpha value is -2.70. The van der Waals surface area contributed by atoms with Gasteiger partial charge in [0.15, 0.2) is 5.69 Å². The first kappa shape index (κ1) is 16.2. The number of hydrogen-bond acceptors (Lipinski definition) is 4. The summed E-state index contributed by atoms with van der Waals surface area (Å²) in [5.41, 5.74) is 2.25. The average Bonchev–Trinajstić information content (AvgIpc) is 3.11. The number of nitrogens with one attached hydrogen (secondary N) is 1. The summed E-state index contributed by atoms with van der Waals surface area (Å²) in [5, 5.41) is 10.7. The first-order valence-corrected chi connectivity index (χ1v) is 8.12. The van der Waals surface area contributed by atoms with Gasteiger partial charge in [0.1, 0.15) is 6.04 Å². The van der Waals surface area contributed by atoms with Crippen LogP contribution in [-0.2, 0) is 4.79 Å². The number of likely N-dealkylation sites (tertiary alicyclic amines) is 1. The normalized spacial score (nSPS) is 17.6. The molecule has 0 unspecified atom stereocenters. The van der Waals surface area contributed by atoms with Crippen molar-refractivity contribution in [2.75, 3.05) is 13.6 Å². The Labute approximate surface area is 140 Å². The predicted molar refractivity (Wildman–Crippen MR) is 88.8 cm³/mol. The lowest BCUT2D eigenvalue weighted by Crippen LogP contribution is -2.51. The molecule has 7 nitrogen and oxygen atoms in total. The lowest BCUT2D eigenvalue weighted by Gasteiger charge is -2.33. The number of likely N-dealkylation sites (N-methyl/N-ethyl adjacent to an activating group) is 1. The van der Waals surface area contributed by atoms with Crippen molar-refractivity contribution in [1.29, 1.82) is 0 Å². The van der Waals surface area contributed by atoms with Gasteiger partial charge in [-0.1, -0.05) is 22.9 Å². The van der Waals surface area contributed by atoms with Crippen molar-refractivity contribution < 1.29 is 9.59 Å². The fourth-order valence-corrected chi connectivity index (χ4v) is 2.95. The summed E-state index contributed by atoms with van der Waals surface area (Å²) in [4.78, 5) is 26.4. The van der Waals surface area contributed by atoms with Gasteiger partial charge >= 0.3 is 0 Å². The molecule has 3 rings (SSSR count). The summed E-state index contributed by atoms with van der Waals surface area (Å²) in [6.45, 7) is 2.57. The molecule has 0 spiro atoms. The van der Waals surface area contributed by atoms with E-state index in [1.165, 1.54) is 0 Å². The van der Waals surface area contributed by atoms with E-state index in [9.17, 15) is 9.59 Å². The number of aromatic nitrogens is 3. The SMILES string of the molecule is CNC(=O)[C@H]1CCCCN1C(=O)c1cn(-c2ccc(C)cc2)nn1. The van der Waals surface area contributed by atoms with Gasteiger partial charge in [-0.25, -0.2) is 4.68 Å². The monoisotopic (exact) mass is 327 g/mol. The van der Waals surface area contributed by atoms with E-state index >= 15 is 0 Å². The third-order valence-electron chi connectivity index (χ3n) is 4.32. The first-order chi connectivity index (χ1) is 11.6. The van der Waals surface area contributed by atoms with Crippen molar-refractivity contribution in [1.82, 2.24) is 25.2 Å². The van der Waals surface area contributed by atoms with Crippen molar-refractivity contribution >= 4 is 11.8 Å². The largest absolute Gasteiger partial charge is 0.357 e. The van der Waals surface area contributed by atoms with Crippen molar-refractivity contribution in [3.8, 4) is 5.69 Å². The van der Waals surface area contributed by atoms with Crippen LogP contribution in [0.1, 0.15) is 35.3 Å². The third-order valence-corrected chi connectivity index (χ3v) is 4.32. The molecule has 1 N–H and O–H groups in total. The zero-order valence-corrected chi connectivity index (χ0v) is 13.9. The predicted octanol–water partition coefficient (Wildman–Crippen LogP) is 1.32. The molecule has 0 saturated carbocycles. The van der Waals surface area contributed by atoms with Crippen LogP contribution >= 0.6 is 0 Å². The number of nitrogens with zero attached hydrogens (tertiary/aromatic N) is 4. The number of rotatable bonds is 3. The molecule has 1 aliphatic rings. The minimum Gasteiger partial charge on any atom is -0.357 e. The molecule has 1 fully saturated rings. The molecule has 1 saturated heterocycles. The molecular formula is C17H21N5O2. The molecule has 1 aromatic carbocycles. The van der Waals surface area contributed by atoms with Crippen LogP contribution in [-0.4, -0.2) is 51.3 Å². The fourth-order valence-electron chi connectivity index (χ4n) is 2.95. The summed E-state index contributed by atoms with van der Waals surface area (Å²) in [5.74, 6) is -0.379. The van der Waals surface area contributed by atoms with Gasteiger partial charge in [0, 0.05) is 13.6 Å². The number of hydrogen-bond donors (Lipinski definition) is 1. The van der Waals surface area contributed by atoms with Crippen LogP contribution in [0.4, 0.5) is 0 Å². The van der Waals surface area contributed by atoms with Gasteiger partial charge in [0.2, 0.25) is 5.91 Å². The molecule has 0 aliphatic carbocycles. The van der Waals surface area contributed by atoms with Crippen LogP contribution in [0.25, 0.3) is 5.69 Å². The summed E-state index contributed by atoms with van der Waals surface area (Å²) in [6, 6.07) is 7.37. The molecule has 24 heavy (non-hydrogen) atoms. The Balaban J connectivity index is 1.82. The Morgan fingerprint density at radius 1 is 1.21 bits per heavy atom. The van der Waals surface area contributed by atoms with Gasteiger partial charge in [-0.2, -0.15) is 0 Å². The quantitative estimate of drug-likeness (QED) is 0.922. The van der Waals surface area contributed by atoms with E-state index in [2.05, 4.69) is 15.6 Å². The molecule has 0 radical (unpaired) electrons. The standard InChI is InChI=1S/C17H21N5O2/c1-12-6-8-13(9-7-12)22-11-14(19-20-22)17(24)21-10-4-3-5-15(21)16(23)18-2/h6-9,11,15H,3-5,10H2,1-2H3,(H,18,23)/t15-/m1/s1. The molecule has 7 heteroatoms. The number of carbonyl (C=O) groups is 2. The first-order valence-electron chi connectivity index (χ1n) is 8.12. The molecular weight excluding hydrogens is 306 g/mol. The maximum absolute atomic E-state index is 12.8. The van der Waals surface area contributed by atoms with Gasteiger partial charge in [-0.15, -0.1) is 5.10 Å². The van der Waals surface area contributed by atoms with E-state index in [0.717, 1.165) is 24.1 Å². The minimum atomic E-state index is -0.430. The summed E-state index contributed by atoms with van der Waals surface area (Å²) in [7, 11) is 1.59. The van der Waals surface area contributed by atoms with Gasteiger partial charge in [0.25, 0.3) is 5.91 Å². The molecule has 0 bridgehead atoms. The number of amides is 2. The number of carbonyl (C=O) groups excluding carboxylic acids is 2. The second kappa shape index (κ2) is 6.82. The summed E-state index contributed by atoms with van der Waals surface area (Å²) >= 11 is 0. The lowest BCUT2D eigenvalue weighted by molar-refractivity contribution is -0.126. The van der Waals surface area contributed by atoms with E-state index < -0.39 is 6.04 Å². The van der Waals surface area contributed by atoms with Crippen molar-refractivity contribution in [2.45, 2.75) is 32.2 Å². The van der Waals surface area contributed by atoms with Crippen molar-refractivity contribution in [2.24, 2.45) is 0 Å². The van der Waals surface area contributed by atoms with Crippen LogP contribution in [0, 0.1) is 6.92 Å². The van der Waals surface area contributed by atoms with Gasteiger partial charge in [-0.05, 0) is 38.3 Å². The highest BCUT2D eigenvalue weighted by Gasteiger charge is 2.33. The van der Waals surface area contributed by atoms with Crippen molar-refractivity contribution in [3.63, 3.8) is 0 Å². The topological polar surface area (TPSA) is 80.1 Å². The Bertz CT molecular complexity index is 738.